The number of nitrogens with zero attached hydrogens (tertiary/aromatic N) is 2. The van der Waals surface area contributed by atoms with Crippen LogP contribution >= 0.6 is 0 Å². The molecule has 0 bridgehead atoms. The number of rotatable bonds is 6. The molecule has 32 heavy (non-hydrogen) atoms. The van der Waals surface area contributed by atoms with Crippen LogP contribution in [0.25, 0.3) is 10.9 Å². The Morgan fingerprint density at radius 3 is 2.75 bits per heavy atom. The fourth-order valence-electron chi connectivity index (χ4n) is 4.94. The van der Waals surface area contributed by atoms with Crippen LogP contribution in [0.1, 0.15) is 51.1 Å². The van der Waals surface area contributed by atoms with Crippen molar-refractivity contribution in [3.8, 4) is 5.75 Å². The Morgan fingerprint density at radius 2 is 2.00 bits per heavy atom. The summed E-state index contributed by atoms with van der Waals surface area (Å²) in [6, 6.07) is 10.3. The van der Waals surface area contributed by atoms with Gasteiger partial charge in [0.25, 0.3) is 0 Å². The van der Waals surface area contributed by atoms with Crippen molar-refractivity contribution in [1.29, 1.82) is 0 Å². The number of pyridine rings is 2. The lowest BCUT2D eigenvalue weighted by atomic mass is 9.85. The average Bonchev–Trinajstić information content (AvgIpc) is 3.57. The molecule has 1 N–H and O–H groups in total. The Hall–Kier alpha value is -3.02. The van der Waals surface area contributed by atoms with Gasteiger partial charge in [0.05, 0.1) is 23.5 Å². The summed E-state index contributed by atoms with van der Waals surface area (Å²) >= 11 is 0. The normalized spacial score (nSPS) is 23.8. The van der Waals surface area contributed by atoms with Crippen molar-refractivity contribution in [2.45, 2.75) is 51.6 Å². The summed E-state index contributed by atoms with van der Waals surface area (Å²) in [5, 5.41) is 3.71. The second-order valence-corrected chi connectivity index (χ2v) is 9.35. The fourth-order valence-corrected chi connectivity index (χ4v) is 4.94. The van der Waals surface area contributed by atoms with E-state index in [2.05, 4.69) is 22.2 Å². The van der Waals surface area contributed by atoms with Crippen LogP contribution in [-0.2, 0) is 4.79 Å². The molecule has 2 fully saturated rings. The molecule has 1 amide bonds. The first kappa shape index (κ1) is 20.9. The molecule has 6 heteroatoms. The Morgan fingerprint density at radius 1 is 1.16 bits per heavy atom. The van der Waals surface area contributed by atoms with E-state index in [1.807, 2.05) is 19.1 Å². The SMILES string of the molecule is CC1CC(Oc2ccnc3ccc(F)cc23)CC1C(C)C(=O)Nc1ccc(C2CC2)nc1. The zero-order valence-electron chi connectivity index (χ0n) is 18.4. The molecule has 5 nitrogen and oxygen atoms in total. The van der Waals surface area contributed by atoms with Crippen molar-refractivity contribution in [2.75, 3.05) is 5.32 Å². The Labute approximate surface area is 187 Å². The summed E-state index contributed by atoms with van der Waals surface area (Å²) in [5.74, 6) is 1.37. The standard InChI is InChI=1S/C26H28FN3O2/c1-15-11-20(32-25-9-10-28-24-7-5-18(27)12-22(24)25)13-21(15)16(2)26(31)30-19-6-8-23(29-14-19)17-3-4-17/h5-10,12,14-17,20-21H,3-4,11,13H2,1-2H3,(H,30,31). The molecule has 166 valence electrons. The molecule has 2 saturated carbocycles. The topological polar surface area (TPSA) is 64.1 Å². The predicted octanol–water partition coefficient (Wildman–Crippen LogP) is 5.71. The van der Waals surface area contributed by atoms with Gasteiger partial charge in [0, 0.05) is 29.1 Å². The number of carbonyl (C=O) groups excluding carboxylic acids is 1. The zero-order valence-corrected chi connectivity index (χ0v) is 18.4. The molecule has 0 saturated heterocycles. The van der Waals surface area contributed by atoms with Crippen molar-refractivity contribution in [3.05, 3.63) is 60.3 Å². The lowest BCUT2D eigenvalue weighted by molar-refractivity contribution is -0.121. The summed E-state index contributed by atoms with van der Waals surface area (Å²) in [5.41, 5.74) is 2.57. The predicted molar refractivity (Wildman–Crippen MR) is 122 cm³/mol. The number of nitrogens with one attached hydrogen (secondary N) is 1. The summed E-state index contributed by atoms with van der Waals surface area (Å²) < 4.78 is 20.0. The molecule has 2 aliphatic rings. The van der Waals surface area contributed by atoms with Gasteiger partial charge in [-0.3, -0.25) is 14.8 Å². The minimum absolute atomic E-state index is 0.0138. The number of hydrogen-bond donors (Lipinski definition) is 1. The van der Waals surface area contributed by atoms with E-state index in [0.29, 0.717) is 28.5 Å². The zero-order chi connectivity index (χ0) is 22.2. The van der Waals surface area contributed by atoms with E-state index in [1.54, 1.807) is 24.5 Å². The second kappa shape index (κ2) is 8.49. The molecular weight excluding hydrogens is 405 g/mol. The van der Waals surface area contributed by atoms with E-state index in [-0.39, 0.29) is 29.7 Å². The van der Waals surface area contributed by atoms with Crippen LogP contribution in [0.2, 0.25) is 0 Å². The summed E-state index contributed by atoms with van der Waals surface area (Å²) in [4.78, 5) is 21.7. The number of aromatic nitrogens is 2. The van der Waals surface area contributed by atoms with Gasteiger partial charge in [0.1, 0.15) is 11.6 Å². The lowest BCUT2D eigenvalue weighted by Crippen LogP contribution is -2.28. The molecule has 0 radical (unpaired) electrons. The molecule has 3 aromatic rings. The number of amides is 1. The van der Waals surface area contributed by atoms with Gasteiger partial charge < -0.3 is 10.1 Å². The molecule has 4 unspecified atom stereocenters. The smallest absolute Gasteiger partial charge is 0.227 e. The minimum atomic E-state index is -0.307. The summed E-state index contributed by atoms with van der Waals surface area (Å²) in [6.45, 7) is 4.16. The second-order valence-electron chi connectivity index (χ2n) is 9.35. The van der Waals surface area contributed by atoms with Gasteiger partial charge >= 0.3 is 0 Å². The molecule has 2 aliphatic carbocycles. The number of fused-ring (bicyclic) bond motifs is 1. The van der Waals surface area contributed by atoms with Gasteiger partial charge in [-0.25, -0.2) is 4.39 Å². The van der Waals surface area contributed by atoms with Gasteiger partial charge in [0.15, 0.2) is 0 Å². The molecule has 0 spiro atoms. The van der Waals surface area contributed by atoms with Gasteiger partial charge in [-0.05, 0) is 73.9 Å². The van der Waals surface area contributed by atoms with Crippen LogP contribution in [0.15, 0.2) is 48.8 Å². The number of hydrogen-bond acceptors (Lipinski definition) is 4. The third kappa shape index (κ3) is 4.31. The highest BCUT2D eigenvalue weighted by atomic mass is 19.1. The van der Waals surface area contributed by atoms with Crippen molar-refractivity contribution in [3.63, 3.8) is 0 Å². The van der Waals surface area contributed by atoms with Gasteiger partial charge in [0.2, 0.25) is 5.91 Å². The lowest BCUT2D eigenvalue weighted by Gasteiger charge is -2.22. The van der Waals surface area contributed by atoms with E-state index in [4.69, 9.17) is 4.74 Å². The largest absolute Gasteiger partial charge is 0.490 e. The molecule has 2 aromatic heterocycles. The highest BCUT2D eigenvalue weighted by Gasteiger charge is 2.38. The Bertz CT molecular complexity index is 1130. The first-order valence-corrected chi connectivity index (χ1v) is 11.5. The van der Waals surface area contributed by atoms with Crippen LogP contribution < -0.4 is 10.1 Å². The third-order valence-corrected chi connectivity index (χ3v) is 6.96. The maximum absolute atomic E-state index is 13.8. The van der Waals surface area contributed by atoms with E-state index in [1.165, 1.54) is 25.0 Å². The quantitative estimate of drug-likeness (QED) is 0.540. The van der Waals surface area contributed by atoms with Crippen LogP contribution in [0.3, 0.4) is 0 Å². The van der Waals surface area contributed by atoms with Crippen LogP contribution in [0, 0.1) is 23.6 Å². The van der Waals surface area contributed by atoms with Crippen LogP contribution in [0.5, 0.6) is 5.75 Å². The molecule has 2 heterocycles. The van der Waals surface area contributed by atoms with Crippen LogP contribution in [-0.4, -0.2) is 22.0 Å². The van der Waals surface area contributed by atoms with E-state index >= 15 is 0 Å². The third-order valence-electron chi connectivity index (χ3n) is 6.96. The highest BCUT2D eigenvalue weighted by molar-refractivity contribution is 5.92. The number of anilines is 1. The number of benzene rings is 1. The monoisotopic (exact) mass is 433 g/mol. The van der Waals surface area contributed by atoms with E-state index < -0.39 is 0 Å². The fraction of sp³-hybridized carbons (Fsp3) is 0.423. The van der Waals surface area contributed by atoms with Crippen molar-refractivity contribution in [1.82, 2.24) is 9.97 Å². The van der Waals surface area contributed by atoms with E-state index in [9.17, 15) is 9.18 Å². The minimum Gasteiger partial charge on any atom is -0.490 e. The molecule has 4 atom stereocenters. The van der Waals surface area contributed by atoms with Crippen molar-refractivity contribution < 1.29 is 13.9 Å². The number of ether oxygens (including phenoxy) is 1. The molecule has 5 rings (SSSR count). The van der Waals surface area contributed by atoms with Crippen molar-refractivity contribution >= 4 is 22.5 Å². The first-order valence-electron chi connectivity index (χ1n) is 11.5. The maximum Gasteiger partial charge on any atom is 0.227 e. The van der Waals surface area contributed by atoms with Gasteiger partial charge in [-0.15, -0.1) is 0 Å². The van der Waals surface area contributed by atoms with E-state index in [0.717, 1.165) is 24.2 Å². The Balaban J connectivity index is 1.23. The summed E-state index contributed by atoms with van der Waals surface area (Å²) in [6.07, 6.45) is 7.50. The van der Waals surface area contributed by atoms with Gasteiger partial charge in [-0.1, -0.05) is 13.8 Å². The number of halogens is 1. The van der Waals surface area contributed by atoms with Gasteiger partial charge in [-0.2, -0.15) is 0 Å². The molecule has 0 aliphatic heterocycles. The average molecular weight is 434 g/mol. The maximum atomic E-state index is 13.8. The first-order chi connectivity index (χ1) is 15.5. The number of carbonyl (C=O) groups is 1. The van der Waals surface area contributed by atoms with Crippen molar-refractivity contribution in [2.24, 2.45) is 17.8 Å². The summed E-state index contributed by atoms with van der Waals surface area (Å²) in [7, 11) is 0. The Kier molecular flexibility index (Phi) is 5.53. The van der Waals surface area contributed by atoms with Crippen LogP contribution in [0.4, 0.5) is 10.1 Å². The molecule has 1 aromatic carbocycles. The molecular formula is C26H28FN3O2. The highest BCUT2D eigenvalue weighted by Crippen LogP contribution is 2.41.